The number of nitrogens with zero attached hydrogens (tertiary/aromatic N) is 3. The molecule has 2 rings (SSSR count). The Morgan fingerprint density at radius 3 is 3.00 bits per heavy atom. The summed E-state index contributed by atoms with van der Waals surface area (Å²) in [5.41, 5.74) is 1.19. The van der Waals surface area contributed by atoms with E-state index in [1.54, 1.807) is 0 Å². The average molecular weight is 284 g/mol. The molecule has 0 bridgehead atoms. The van der Waals surface area contributed by atoms with E-state index in [-0.39, 0.29) is 0 Å². The van der Waals surface area contributed by atoms with E-state index < -0.39 is 0 Å². The first-order chi connectivity index (χ1) is 7.66. The smallest absolute Gasteiger partial charge is 0.0564 e. The second-order valence-corrected chi connectivity index (χ2v) is 5.45. The molecule has 0 aromatic carbocycles. The number of aromatic nitrogens is 1. The molecule has 0 saturated carbocycles. The van der Waals surface area contributed by atoms with Gasteiger partial charge >= 0.3 is 0 Å². The number of rotatable bonds is 2. The lowest BCUT2D eigenvalue weighted by atomic mass is 10.0. The highest BCUT2D eigenvalue weighted by molar-refractivity contribution is 9.10. The molecule has 1 aromatic rings. The highest BCUT2D eigenvalue weighted by atomic mass is 79.9. The third kappa shape index (κ3) is 2.74. The van der Waals surface area contributed by atoms with Gasteiger partial charge in [0.25, 0.3) is 0 Å². The molecule has 3 nitrogen and oxygen atoms in total. The fraction of sp³-hybridized carbons (Fsp3) is 0.583. The molecule has 1 fully saturated rings. The van der Waals surface area contributed by atoms with Gasteiger partial charge in [-0.25, -0.2) is 0 Å². The number of halogens is 1. The summed E-state index contributed by atoms with van der Waals surface area (Å²) in [6, 6.07) is 2.73. The van der Waals surface area contributed by atoms with Gasteiger partial charge in [-0.15, -0.1) is 0 Å². The van der Waals surface area contributed by atoms with Crippen LogP contribution in [0.1, 0.15) is 12.8 Å². The number of piperidine rings is 1. The van der Waals surface area contributed by atoms with Crippen molar-refractivity contribution in [2.24, 2.45) is 0 Å². The number of likely N-dealkylation sites (N-methyl/N-ethyl adjacent to an activating group) is 2. The van der Waals surface area contributed by atoms with Gasteiger partial charge in [0.1, 0.15) is 0 Å². The first-order valence-electron chi connectivity index (χ1n) is 5.69. The van der Waals surface area contributed by atoms with Crippen LogP contribution in [0, 0.1) is 0 Å². The Hall–Kier alpha value is -0.610. The van der Waals surface area contributed by atoms with Crippen LogP contribution in [0.2, 0.25) is 0 Å². The Labute approximate surface area is 106 Å². The Morgan fingerprint density at radius 2 is 2.31 bits per heavy atom. The Kier molecular flexibility index (Phi) is 3.82. The molecule has 88 valence electrons. The zero-order valence-corrected chi connectivity index (χ0v) is 11.4. The van der Waals surface area contributed by atoms with Crippen LogP contribution in [0.5, 0.6) is 0 Å². The monoisotopic (exact) mass is 283 g/mol. The third-order valence-corrected chi connectivity index (χ3v) is 3.68. The molecule has 0 radical (unpaired) electrons. The standard InChI is InChI=1S/C12H18BrN3/c1-15-5-3-4-11(9-15)16(2)12-6-10(13)7-14-8-12/h6-8,11H,3-5,9H2,1-2H3. The largest absolute Gasteiger partial charge is 0.369 e. The van der Waals surface area contributed by atoms with Gasteiger partial charge in [-0.1, -0.05) is 0 Å². The van der Waals surface area contributed by atoms with Gasteiger partial charge in [0.05, 0.1) is 11.9 Å². The lowest BCUT2D eigenvalue weighted by molar-refractivity contribution is 0.248. The van der Waals surface area contributed by atoms with Gasteiger partial charge in [-0.3, -0.25) is 4.98 Å². The predicted octanol–water partition coefficient (Wildman–Crippen LogP) is 2.37. The molecule has 0 N–H and O–H groups in total. The van der Waals surface area contributed by atoms with E-state index in [0.29, 0.717) is 6.04 Å². The second-order valence-electron chi connectivity index (χ2n) is 4.53. The summed E-state index contributed by atoms with van der Waals surface area (Å²) < 4.78 is 1.04. The summed E-state index contributed by atoms with van der Waals surface area (Å²) in [4.78, 5) is 8.96. The van der Waals surface area contributed by atoms with E-state index in [4.69, 9.17) is 0 Å². The molecule has 16 heavy (non-hydrogen) atoms. The molecule has 0 amide bonds. The van der Waals surface area contributed by atoms with Crippen molar-refractivity contribution in [1.82, 2.24) is 9.88 Å². The van der Waals surface area contributed by atoms with Crippen molar-refractivity contribution in [2.75, 3.05) is 32.1 Å². The lowest BCUT2D eigenvalue weighted by Crippen LogP contribution is -2.45. The van der Waals surface area contributed by atoms with Crippen LogP contribution in [0.25, 0.3) is 0 Å². The maximum absolute atomic E-state index is 4.22. The van der Waals surface area contributed by atoms with E-state index in [2.05, 4.69) is 50.9 Å². The molecule has 1 atom stereocenters. The SMILES string of the molecule is CN1CCCC(N(C)c2cncc(Br)c2)C1. The zero-order valence-electron chi connectivity index (χ0n) is 9.86. The predicted molar refractivity (Wildman–Crippen MR) is 70.9 cm³/mol. The fourth-order valence-electron chi connectivity index (χ4n) is 2.26. The summed E-state index contributed by atoms with van der Waals surface area (Å²) in [6.45, 7) is 2.37. The fourth-order valence-corrected chi connectivity index (χ4v) is 2.61. The molecule has 1 aliphatic heterocycles. The van der Waals surface area contributed by atoms with Crippen molar-refractivity contribution in [3.05, 3.63) is 22.9 Å². The summed E-state index contributed by atoms with van der Waals surface area (Å²) >= 11 is 3.47. The molecule has 4 heteroatoms. The molecule has 1 saturated heterocycles. The molecular formula is C12H18BrN3. The summed E-state index contributed by atoms with van der Waals surface area (Å²) in [5.74, 6) is 0. The first-order valence-corrected chi connectivity index (χ1v) is 6.48. The van der Waals surface area contributed by atoms with E-state index in [1.165, 1.54) is 25.1 Å². The average Bonchev–Trinajstić information content (AvgIpc) is 2.28. The van der Waals surface area contributed by atoms with Gasteiger partial charge in [-0.05, 0) is 48.4 Å². The van der Waals surface area contributed by atoms with E-state index in [9.17, 15) is 0 Å². The number of hydrogen-bond donors (Lipinski definition) is 0. The van der Waals surface area contributed by atoms with Crippen LogP contribution in [-0.2, 0) is 0 Å². The molecule has 2 heterocycles. The topological polar surface area (TPSA) is 19.4 Å². The number of hydrogen-bond acceptors (Lipinski definition) is 3. The quantitative estimate of drug-likeness (QED) is 0.831. The zero-order chi connectivity index (χ0) is 11.5. The van der Waals surface area contributed by atoms with Crippen molar-refractivity contribution in [3.8, 4) is 0 Å². The van der Waals surface area contributed by atoms with Gasteiger partial charge < -0.3 is 9.80 Å². The van der Waals surface area contributed by atoms with Crippen molar-refractivity contribution in [3.63, 3.8) is 0 Å². The van der Waals surface area contributed by atoms with Gasteiger partial charge in [0.15, 0.2) is 0 Å². The second kappa shape index (κ2) is 5.15. The highest BCUT2D eigenvalue weighted by Crippen LogP contribution is 2.22. The first kappa shape index (κ1) is 11.9. The molecule has 1 aliphatic rings. The minimum Gasteiger partial charge on any atom is -0.369 e. The maximum Gasteiger partial charge on any atom is 0.0564 e. The number of likely N-dealkylation sites (tertiary alicyclic amines) is 1. The van der Waals surface area contributed by atoms with Gasteiger partial charge in [-0.2, -0.15) is 0 Å². The van der Waals surface area contributed by atoms with Crippen molar-refractivity contribution >= 4 is 21.6 Å². The normalized spacial score (nSPS) is 22.1. The minimum atomic E-state index is 0.606. The van der Waals surface area contributed by atoms with E-state index >= 15 is 0 Å². The summed E-state index contributed by atoms with van der Waals surface area (Å²) in [7, 11) is 4.35. The van der Waals surface area contributed by atoms with Gasteiger partial charge in [0.2, 0.25) is 0 Å². The van der Waals surface area contributed by atoms with Crippen molar-refractivity contribution in [2.45, 2.75) is 18.9 Å². The lowest BCUT2D eigenvalue weighted by Gasteiger charge is -2.37. The third-order valence-electron chi connectivity index (χ3n) is 3.25. The summed E-state index contributed by atoms with van der Waals surface area (Å²) in [6.07, 6.45) is 6.31. The maximum atomic E-state index is 4.22. The van der Waals surface area contributed by atoms with Crippen LogP contribution < -0.4 is 4.90 Å². The van der Waals surface area contributed by atoms with Crippen molar-refractivity contribution < 1.29 is 0 Å². The van der Waals surface area contributed by atoms with Gasteiger partial charge in [0, 0.05) is 30.3 Å². The van der Waals surface area contributed by atoms with E-state index in [1.807, 2.05) is 12.4 Å². The molecule has 1 aromatic heterocycles. The van der Waals surface area contributed by atoms with Crippen LogP contribution in [0.4, 0.5) is 5.69 Å². The van der Waals surface area contributed by atoms with Crippen molar-refractivity contribution in [1.29, 1.82) is 0 Å². The van der Waals surface area contributed by atoms with Crippen LogP contribution in [0.15, 0.2) is 22.9 Å². The van der Waals surface area contributed by atoms with E-state index in [0.717, 1.165) is 11.0 Å². The molecular weight excluding hydrogens is 266 g/mol. The van der Waals surface area contributed by atoms with Crippen LogP contribution >= 0.6 is 15.9 Å². The Balaban J connectivity index is 2.09. The molecule has 0 spiro atoms. The minimum absolute atomic E-state index is 0.606. The summed E-state index contributed by atoms with van der Waals surface area (Å²) in [5, 5.41) is 0. The Bertz CT molecular complexity index is 356. The van der Waals surface area contributed by atoms with Crippen LogP contribution in [-0.4, -0.2) is 43.1 Å². The van der Waals surface area contributed by atoms with Crippen LogP contribution in [0.3, 0.4) is 0 Å². The Morgan fingerprint density at radius 1 is 1.50 bits per heavy atom. The number of anilines is 1. The molecule has 0 aliphatic carbocycles. The number of pyridine rings is 1. The molecule has 1 unspecified atom stereocenters. The highest BCUT2D eigenvalue weighted by Gasteiger charge is 2.21.